The lowest BCUT2D eigenvalue weighted by Gasteiger charge is -2.17. The quantitative estimate of drug-likeness (QED) is 0.400. The lowest BCUT2D eigenvalue weighted by Crippen LogP contribution is -2.16. The van der Waals surface area contributed by atoms with E-state index >= 15 is 0 Å². The molecule has 0 radical (unpaired) electrons. The summed E-state index contributed by atoms with van der Waals surface area (Å²) >= 11 is -1.79. The Morgan fingerprint density at radius 1 is 1.12 bits per heavy atom. The SMILES string of the molecule is COc1cc(C(=O)Nc2ccc(-c3ccccc3C(F)(F)F)c(CCCO)c2)ccc1[S+](N)[O-]. The maximum atomic E-state index is 13.6. The number of aliphatic hydroxyl groups is 1. The summed E-state index contributed by atoms with van der Waals surface area (Å²) in [7, 11) is 1.36. The van der Waals surface area contributed by atoms with Gasteiger partial charge in [0, 0.05) is 17.9 Å². The third-order valence-corrected chi connectivity index (χ3v) is 5.90. The first-order valence-electron chi connectivity index (χ1n) is 10.2. The molecular formula is C24H23F3N2O4S. The number of aryl methyl sites for hydroxylation is 1. The number of benzene rings is 3. The number of rotatable bonds is 8. The summed E-state index contributed by atoms with van der Waals surface area (Å²) < 4.78 is 57.4. The summed E-state index contributed by atoms with van der Waals surface area (Å²) in [5.41, 5.74) is 0.773. The smallest absolute Gasteiger partial charge is 0.417 e. The molecule has 1 amide bonds. The number of aliphatic hydroxyl groups excluding tert-OH is 1. The van der Waals surface area contributed by atoms with E-state index in [0.717, 1.165) is 6.07 Å². The molecular weight excluding hydrogens is 469 g/mol. The maximum absolute atomic E-state index is 13.6. The number of anilines is 1. The van der Waals surface area contributed by atoms with Crippen LogP contribution in [0, 0.1) is 0 Å². The number of methoxy groups -OCH3 is 1. The van der Waals surface area contributed by atoms with Gasteiger partial charge < -0.3 is 19.7 Å². The van der Waals surface area contributed by atoms with Crippen LogP contribution in [0.15, 0.2) is 65.6 Å². The predicted molar refractivity (Wildman–Crippen MR) is 124 cm³/mol. The highest BCUT2D eigenvalue weighted by molar-refractivity contribution is 7.89. The average molecular weight is 493 g/mol. The van der Waals surface area contributed by atoms with Gasteiger partial charge in [-0.25, -0.2) is 0 Å². The van der Waals surface area contributed by atoms with Crippen molar-refractivity contribution in [3.63, 3.8) is 0 Å². The maximum Gasteiger partial charge on any atom is 0.417 e. The van der Waals surface area contributed by atoms with Crippen LogP contribution >= 0.6 is 0 Å². The molecule has 180 valence electrons. The Bertz CT molecular complexity index is 1170. The van der Waals surface area contributed by atoms with Crippen molar-refractivity contribution in [3.05, 3.63) is 77.4 Å². The van der Waals surface area contributed by atoms with Crippen molar-refractivity contribution in [2.24, 2.45) is 5.14 Å². The average Bonchev–Trinajstić information content (AvgIpc) is 2.81. The van der Waals surface area contributed by atoms with E-state index in [1.165, 1.54) is 55.6 Å². The van der Waals surface area contributed by atoms with E-state index in [0.29, 0.717) is 29.7 Å². The molecule has 0 saturated carbocycles. The van der Waals surface area contributed by atoms with Gasteiger partial charge in [0.1, 0.15) is 0 Å². The van der Waals surface area contributed by atoms with Gasteiger partial charge in [-0.15, -0.1) is 5.14 Å². The molecule has 3 aromatic carbocycles. The third kappa shape index (κ3) is 5.89. The Balaban J connectivity index is 1.95. The summed E-state index contributed by atoms with van der Waals surface area (Å²) in [5, 5.41) is 17.4. The van der Waals surface area contributed by atoms with Crippen LogP contribution in [-0.2, 0) is 24.0 Å². The number of hydrogen-bond donors (Lipinski definition) is 3. The van der Waals surface area contributed by atoms with Gasteiger partial charge in [0.25, 0.3) is 5.91 Å². The summed E-state index contributed by atoms with van der Waals surface area (Å²) in [6.07, 6.45) is -3.88. The molecule has 10 heteroatoms. The van der Waals surface area contributed by atoms with Crippen LogP contribution in [0.3, 0.4) is 0 Å². The number of carbonyl (C=O) groups is 1. The molecule has 0 fully saturated rings. The zero-order valence-corrected chi connectivity index (χ0v) is 19.0. The van der Waals surface area contributed by atoms with Gasteiger partial charge >= 0.3 is 6.18 Å². The molecule has 6 nitrogen and oxygen atoms in total. The fourth-order valence-corrected chi connectivity index (χ4v) is 4.10. The van der Waals surface area contributed by atoms with Crippen LogP contribution in [0.25, 0.3) is 11.1 Å². The second-order valence-electron chi connectivity index (χ2n) is 7.36. The van der Waals surface area contributed by atoms with E-state index in [1.54, 1.807) is 6.07 Å². The molecule has 3 rings (SSSR count). The Labute approximate surface area is 197 Å². The Hall–Kier alpha value is -3.05. The van der Waals surface area contributed by atoms with Gasteiger partial charge in [-0.2, -0.15) is 13.2 Å². The standard InChI is InChI=1S/C24H23F3N2O4S/c1-33-21-14-16(8-11-22(21)34(28)32)23(31)29-17-9-10-18(15(13-17)5-4-12-30)19-6-2-3-7-20(19)24(25,26)27/h2-3,6-11,13-14,30H,4-5,12,28H2,1H3,(H,29,31). The van der Waals surface area contributed by atoms with Crippen LogP contribution in [-0.4, -0.2) is 29.3 Å². The Kier molecular flexibility index (Phi) is 8.21. The molecule has 4 N–H and O–H groups in total. The van der Waals surface area contributed by atoms with E-state index in [2.05, 4.69) is 5.32 Å². The number of amides is 1. The number of hydrogen-bond acceptors (Lipinski definition) is 5. The molecule has 34 heavy (non-hydrogen) atoms. The van der Waals surface area contributed by atoms with Gasteiger partial charge in [0.15, 0.2) is 5.75 Å². The highest BCUT2D eigenvalue weighted by atomic mass is 32.2. The summed E-state index contributed by atoms with van der Waals surface area (Å²) in [6, 6.07) is 14.2. The Morgan fingerprint density at radius 2 is 1.85 bits per heavy atom. The van der Waals surface area contributed by atoms with Crippen LogP contribution in [0.4, 0.5) is 18.9 Å². The van der Waals surface area contributed by atoms with Crippen molar-refractivity contribution < 1.29 is 32.4 Å². The first-order valence-corrected chi connectivity index (χ1v) is 11.4. The van der Waals surface area contributed by atoms with E-state index < -0.39 is 29.0 Å². The van der Waals surface area contributed by atoms with Crippen molar-refractivity contribution in [1.29, 1.82) is 0 Å². The first kappa shape index (κ1) is 25.6. The van der Waals surface area contributed by atoms with Gasteiger partial charge in [-0.1, -0.05) is 24.3 Å². The predicted octanol–water partition coefficient (Wildman–Crippen LogP) is 4.54. The first-order chi connectivity index (χ1) is 16.2. The van der Waals surface area contributed by atoms with Crippen LogP contribution in [0.5, 0.6) is 5.75 Å². The summed E-state index contributed by atoms with van der Waals surface area (Å²) in [6.45, 7) is -0.133. The monoisotopic (exact) mass is 492 g/mol. The second-order valence-corrected chi connectivity index (χ2v) is 8.39. The van der Waals surface area contributed by atoms with Crippen molar-refractivity contribution in [3.8, 4) is 16.9 Å². The highest BCUT2D eigenvalue weighted by Gasteiger charge is 2.33. The van der Waals surface area contributed by atoms with Crippen molar-refractivity contribution in [1.82, 2.24) is 0 Å². The molecule has 3 aromatic rings. The topological polar surface area (TPSA) is 108 Å². The second kappa shape index (κ2) is 10.9. The number of nitrogens with one attached hydrogen (secondary N) is 1. The number of ether oxygens (including phenoxy) is 1. The normalized spacial score (nSPS) is 12.3. The van der Waals surface area contributed by atoms with Crippen LogP contribution < -0.4 is 15.2 Å². The van der Waals surface area contributed by atoms with E-state index in [-0.39, 0.29) is 28.4 Å². The minimum atomic E-state index is -4.53. The summed E-state index contributed by atoms with van der Waals surface area (Å²) in [5.74, 6) is -0.305. The number of nitrogens with two attached hydrogens (primary N) is 1. The molecule has 0 heterocycles. The fraction of sp³-hybridized carbons (Fsp3) is 0.208. The highest BCUT2D eigenvalue weighted by Crippen LogP contribution is 2.39. The van der Waals surface area contributed by atoms with Crippen molar-refractivity contribution in [2.45, 2.75) is 23.9 Å². The number of halogens is 3. The van der Waals surface area contributed by atoms with Gasteiger partial charge in [0.05, 0.1) is 24.0 Å². The molecule has 1 atom stereocenters. The minimum Gasteiger partial charge on any atom is -0.593 e. The number of alkyl halides is 3. The van der Waals surface area contributed by atoms with E-state index in [4.69, 9.17) is 9.88 Å². The minimum absolute atomic E-state index is 0.0240. The van der Waals surface area contributed by atoms with Crippen LogP contribution in [0.2, 0.25) is 0 Å². The molecule has 0 spiro atoms. The van der Waals surface area contributed by atoms with Gasteiger partial charge in [-0.3, -0.25) is 4.79 Å². The fourth-order valence-electron chi connectivity index (χ4n) is 3.55. The third-order valence-electron chi connectivity index (χ3n) is 5.13. The number of carbonyl (C=O) groups excluding carboxylic acids is 1. The van der Waals surface area contributed by atoms with E-state index in [1.807, 2.05) is 0 Å². The molecule has 0 aliphatic heterocycles. The lowest BCUT2D eigenvalue weighted by molar-refractivity contribution is -0.137. The molecule has 0 saturated heterocycles. The van der Waals surface area contributed by atoms with E-state index in [9.17, 15) is 27.6 Å². The molecule has 0 bridgehead atoms. The largest absolute Gasteiger partial charge is 0.593 e. The zero-order chi connectivity index (χ0) is 24.9. The van der Waals surface area contributed by atoms with Gasteiger partial charge in [0.2, 0.25) is 4.90 Å². The van der Waals surface area contributed by atoms with Crippen molar-refractivity contribution in [2.75, 3.05) is 19.0 Å². The van der Waals surface area contributed by atoms with Crippen molar-refractivity contribution >= 4 is 23.0 Å². The summed E-state index contributed by atoms with van der Waals surface area (Å²) in [4.78, 5) is 13.0. The zero-order valence-electron chi connectivity index (χ0n) is 18.2. The Morgan fingerprint density at radius 3 is 2.50 bits per heavy atom. The lowest BCUT2D eigenvalue weighted by atomic mass is 9.92. The molecule has 0 aliphatic carbocycles. The molecule has 0 aromatic heterocycles. The van der Waals surface area contributed by atoms with Gasteiger partial charge in [-0.05, 0) is 65.9 Å². The van der Waals surface area contributed by atoms with Crippen LogP contribution in [0.1, 0.15) is 27.9 Å². The molecule has 0 aliphatic rings. The molecule has 1 unspecified atom stereocenters.